The van der Waals surface area contributed by atoms with Gasteiger partial charge >= 0.3 is 0 Å². The van der Waals surface area contributed by atoms with Crippen molar-refractivity contribution >= 4 is 5.91 Å². The number of likely N-dealkylation sites (tertiary alicyclic amines) is 1. The van der Waals surface area contributed by atoms with Gasteiger partial charge in [-0.25, -0.2) is 0 Å². The predicted octanol–water partition coefficient (Wildman–Crippen LogP) is 0.965. The van der Waals surface area contributed by atoms with Crippen LogP contribution in [0.2, 0.25) is 0 Å². The SMILES string of the molecule is N#CC1CNCCN1CC(=O)N1CCCC2CCCCC21. The number of carbonyl (C=O) groups excluding carboxylic acids is 1. The standard InChI is InChI=1S/C16H26N4O/c17-10-14-11-18-7-9-19(14)12-16(21)20-8-3-5-13-4-1-2-6-15(13)20/h13-15,18H,1-9,11-12H2. The van der Waals surface area contributed by atoms with Crippen molar-refractivity contribution in [3.05, 3.63) is 0 Å². The van der Waals surface area contributed by atoms with Gasteiger partial charge in [0.05, 0.1) is 12.6 Å². The minimum absolute atomic E-state index is 0.158. The van der Waals surface area contributed by atoms with Gasteiger partial charge in [-0.2, -0.15) is 5.26 Å². The van der Waals surface area contributed by atoms with Crippen LogP contribution in [-0.2, 0) is 4.79 Å². The summed E-state index contributed by atoms with van der Waals surface area (Å²) >= 11 is 0. The van der Waals surface area contributed by atoms with Crippen molar-refractivity contribution < 1.29 is 4.79 Å². The van der Waals surface area contributed by atoms with Crippen molar-refractivity contribution in [1.29, 1.82) is 5.26 Å². The molecule has 1 saturated carbocycles. The smallest absolute Gasteiger partial charge is 0.237 e. The van der Waals surface area contributed by atoms with Crippen LogP contribution in [0.4, 0.5) is 0 Å². The largest absolute Gasteiger partial charge is 0.338 e. The third-order valence-electron chi connectivity index (χ3n) is 5.41. The molecule has 21 heavy (non-hydrogen) atoms. The van der Waals surface area contributed by atoms with Crippen LogP contribution in [0, 0.1) is 17.2 Å². The molecule has 3 unspecified atom stereocenters. The van der Waals surface area contributed by atoms with Gasteiger partial charge < -0.3 is 10.2 Å². The second-order valence-electron chi connectivity index (χ2n) is 6.66. The van der Waals surface area contributed by atoms with Crippen LogP contribution >= 0.6 is 0 Å². The summed E-state index contributed by atoms with van der Waals surface area (Å²) in [7, 11) is 0. The number of piperidine rings is 1. The first-order valence-corrected chi connectivity index (χ1v) is 8.43. The molecule has 116 valence electrons. The van der Waals surface area contributed by atoms with E-state index < -0.39 is 0 Å². The highest BCUT2D eigenvalue weighted by molar-refractivity contribution is 5.79. The normalized spacial score (nSPS) is 34.0. The summed E-state index contributed by atoms with van der Waals surface area (Å²) in [5.41, 5.74) is 0. The summed E-state index contributed by atoms with van der Waals surface area (Å²) in [4.78, 5) is 16.9. The van der Waals surface area contributed by atoms with Crippen molar-refractivity contribution in [2.75, 3.05) is 32.7 Å². The molecule has 3 aliphatic rings. The first kappa shape index (κ1) is 14.8. The molecule has 3 rings (SSSR count). The fourth-order valence-electron chi connectivity index (χ4n) is 4.26. The Bertz CT molecular complexity index is 417. The van der Waals surface area contributed by atoms with Crippen LogP contribution in [0.25, 0.3) is 0 Å². The molecule has 3 atom stereocenters. The maximum absolute atomic E-state index is 12.7. The molecule has 0 aromatic rings. The zero-order chi connectivity index (χ0) is 14.7. The second kappa shape index (κ2) is 6.76. The van der Waals surface area contributed by atoms with Gasteiger partial charge in [-0.1, -0.05) is 12.8 Å². The number of amides is 1. The number of nitrogens with zero attached hydrogens (tertiary/aromatic N) is 3. The topological polar surface area (TPSA) is 59.4 Å². The first-order valence-electron chi connectivity index (χ1n) is 8.43. The lowest BCUT2D eigenvalue weighted by atomic mass is 9.78. The number of fused-ring (bicyclic) bond motifs is 1. The quantitative estimate of drug-likeness (QED) is 0.823. The van der Waals surface area contributed by atoms with Crippen molar-refractivity contribution in [3.8, 4) is 6.07 Å². The van der Waals surface area contributed by atoms with Crippen molar-refractivity contribution in [2.45, 2.75) is 50.6 Å². The van der Waals surface area contributed by atoms with Crippen LogP contribution in [0.15, 0.2) is 0 Å². The maximum atomic E-state index is 12.7. The Balaban J connectivity index is 1.62. The van der Waals surface area contributed by atoms with Crippen molar-refractivity contribution in [2.24, 2.45) is 5.92 Å². The fraction of sp³-hybridized carbons (Fsp3) is 0.875. The second-order valence-corrected chi connectivity index (χ2v) is 6.66. The number of nitrogens with one attached hydrogen (secondary N) is 1. The van der Waals surface area contributed by atoms with E-state index in [4.69, 9.17) is 0 Å². The molecule has 2 saturated heterocycles. The summed E-state index contributed by atoms with van der Waals surface area (Å²) in [6.45, 7) is 3.69. The molecule has 0 spiro atoms. The molecule has 5 heteroatoms. The number of carbonyl (C=O) groups is 1. The number of rotatable bonds is 2. The molecule has 0 aromatic heterocycles. The highest BCUT2D eigenvalue weighted by Gasteiger charge is 2.36. The van der Waals surface area contributed by atoms with E-state index in [0.717, 1.165) is 32.0 Å². The number of nitriles is 1. The Labute approximate surface area is 127 Å². The Morgan fingerprint density at radius 1 is 1.19 bits per heavy atom. The zero-order valence-corrected chi connectivity index (χ0v) is 12.8. The molecule has 5 nitrogen and oxygen atoms in total. The molecule has 0 aromatic carbocycles. The average molecular weight is 290 g/mol. The maximum Gasteiger partial charge on any atom is 0.237 e. The number of piperazine rings is 1. The summed E-state index contributed by atoms with van der Waals surface area (Å²) in [5.74, 6) is 0.972. The van der Waals surface area contributed by atoms with Crippen LogP contribution in [-0.4, -0.2) is 60.5 Å². The van der Waals surface area contributed by atoms with Gasteiger partial charge in [0.25, 0.3) is 0 Å². The van der Waals surface area contributed by atoms with Crippen LogP contribution in [0.3, 0.4) is 0 Å². The summed E-state index contributed by atoms with van der Waals surface area (Å²) in [6, 6.07) is 2.63. The Kier molecular flexibility index (Phi) is 4.77. The predicted molar refractivity (Wildman–Crippen MR) is 80.5 cm³/mol. The number of hydrogen-bond donors (Lipinski definition) is 1. The Morgan fingerprint density at radius 3 is 2.86 bits per heavy atom. The molecule has 3 fully saturated rings. The molecule has 0 radical (unpaired) electrons. The van der Waals surface area contributed by atoms with E-state index >= 15 is 0 Å². The Hall–Kier alpha value is -1.12. The molecule has 2 heterocycles. The van der Waals surface area contributed by atoms with Crippen LogP contribution in [0.5, 0.6) is 0 Å². The zero-order valence-electron chi connectivity index (χ0n) is 12.8. The lowest BCUT2D eigenvalue weighted by Crippen LogP contribution is -2.57. The van der Waals surface area contributed by atoms with Gasteiger partial charge in [0.2, 0.25) is 5.91 Å². The van der Waals surface area contributed by atoms with Crippen LogP contribution in [0.1, 0.15) is 38.5 Å². The lowest BCUT2D eigenvalue weighted by molar-refractivity contribution is -0.139. The van der Waals surface area contributed by atoms with Gasteiger partial charge in [-0.3, -0.25) is 9.69 Å². The van der Waals surface area contributed by atoms with Crippen molar-refractivity contribution in [3.63, 3.8) is 0 Å². The minimum atomic E-state index is -0.158. The highest BCUT2D eigenvalue weighted by atomic mass is 16.2. The highest BCUT2D eigenvalue weighted by Crippen LogP contribution is 2.35. The molecular formula is C16H26N4O. The molecule has 2 aliphatic heterocycles. The molecule has 0 bridgehead atoms. The molecular weight excluding hydrogens is 264 g/mol. The van der Waals surface area contributed by atoms with E-state index in [9.17, 15) is 10.1 Å². The minimum Gasteiger partial charge on any atom is -0.338 e. The molecule has 1 N–H and O–H groups in total. The monoisotopic (exact) mass is 290 g/mol. The number of hydrogen-bond acceptors (Lipinski definition) is 4. The van der Waals surface area contributed by atoms with E-state index in [0.29, 0.717) is 19.1 Å². The van der Waals surface area contributed by atoms with E-state index in [1.54, 1.807) is 0 Å². The summed E-state index contributed by atoms with van der Waals surface area (Å²) in [5, 5.41) is 12.4. The average Bonchev–Trinajstić information content (AvgIpc) is 2.54. The van der Waals surface area contributed by atoms with E-state index in [-0.39, 0.29) is 11.9 Å². The molecule has 1 amide bonds. The fourth-order valence-corrected chi connectivity index (χ4v) is 4.26. The van der Waals surface area contributed by atoms with E-state index in [1.165, 1.54) is 32.1 Å². The summed E-state index contributed by atoms with van der Waals surface area (Å²) < 4.78 is 0. The van der Waals surface area contributed by atoms with Gasteiger partial charge in [-0.15, -0.1) is 0 Å². The van der Waals surface area contributed by atoms with E-state index in [1.807, 2.05) is 4.90 Å². The first-order chi connectivity index (χ1) is 10.3. The lowest BCUT2D eigenvalue weighted by Gasteiger charge is -2.45. The van der Waals surface area contributed by atoms with Crippen molar-refractivity contribution in [1.82, 2.24) is 15.1 Å². The van der Waals surface area contributed by atoms with Gasteiger partial charge in [0, 0.05) is 32.2 Å². The van der Waals surface area contributed by atoms with Crippen LogP contribution < -0.4 is 5.32 Å². The van der Waals surface area contributed by atoms with E-state index in [2.05, 4.69) is 16.3 Å². The third kappa shape index (κ3) is 3.22. The van der Waals surface area contributed by atoms with Gasteiger partial charge in [0.1, 0.15) is 6.04 Å². The molecule has 1 aliphatic carbocycles. The summed E-state index contributed by atoms with van der Waals surface area (Å²) in [6.07, 6.45) is 7.51. The third-order valence-corrected chi connectivity index (χ3v) is 5.41. The Morgan fingerprint density at radius 2 is 2.00 bits per heavy atom. The van der Waals surface area contributed by atoms with Gasteiger partial charge in [0.15, 0.2) is 0 Å². The van der Waals surface area contributed by atoms with Gasteiger partial charge in [-0.05, 0) is 31.6 Å².